The average Bonchev–Trinajstić information content (AvgIpc) is 3.07. The van der Waals surface area contributed by atoms with Crippen LogP contribution in [0.5, 0.6) is 17.2 Å². The molecule has 0 aliphatic heterocycles. The van der Waals surface area contributed by atoms with Crippen molar-refractivity contribution >= 4 is 21.9 Å². The highest BCUT2D eigenvalue weighted by Crippen LogP contribution is 2.41. The maximum absolute atomic E-state index is 9.92. The van der Waals surface area contributed by atoms with E-state index < -0.39 is 11.5 Å². The fourth-order valence-corrected chi connectivity index (χ4v) is 2.33. The number of hydrogen-bond acceptors (Lipinski definition) is 5. The minimum Gasteiger partial charge on any atom is -0.504 e. The lowest BCUT2D eigenvalue weighted by atomic mass is 10.1. The minimum absolute atomic E-state index is 0.306. The number of H-pyrrole nitrogens is 2. The lowest BCUT2D eigenvalue weighted by molar-refractivity contribution is 0.369. The van der Waals surface area contributed by atoms with E-state index in [0.717, 1.165) is 16.4 Å². The molecular formula is C14H10N4O3. The molecule has 0 bridgehead atoms. The second kappa shape index (κ2) is 3.89. The standard InChI is InChI=1S/C14H10N4O3/c19-11-2-1-7(12(20)13(11)21)14-16-9-3-6-5-15-18-8(6)4-10(9)17-14/h1-5,19-21H,(H,15,18)(H,16,17). The van der Waals surface area contributed by atoms with Crippen LogP contribution in [0.4, 0.5) is 0 Å². The van der Waals surface area contributed by atoms with E-state index in [1.807, 2.05) is 12.1 Å². The van der Waals surface area contributed by atoms with Gasteiger partial charge in [0.25, 0.3) is 0 Å². The number of nitrogens with one attached hydrogen (secondary N) is 2. The number of phenols is 3. The predicted octanol–water partition coefficient (Wildman–Crippen LogP) is 2.22. The molecule has 0 atom stereocenters. The monoisotopic (exact) mass is 282 g/mol. The number of fused-ring (bicyclic) bond motifs is 2. The lowest BCUT2D eigenvalue weighted by Crippen LogP contribution is -1.82. The SMILES string of the molecule is Oc1ccc(-c2nc3cc4c[nH]nc4cc3[nH]2)c(O)c1O. The summed E-state index contributed by atoms with van der Waals surface area (Å²) in [6.45, 7) is 0. The molecule has 0 saturated heterocycles. The number of phenolic OH excluding ortho intramolecular Hbond substituents is 3. The number of benzene rings is 2. The van der Waals surface area contributed by atoms with Gasteiger partial charge in [0.15, 0.2) is 11.5 Å². The van der Waals surface area contributed by atoms with Gasteiger partial charge in [0.05, 0.1) is 22.1 Å². The molecule has 0 aliphatic carbocycles. The van der Waals surface area contributed by atoms with Gasteiger partial charge in [0.1, 0.15) is 5.82 Å². The molecule has 0 spiro atoms. The van der Waals surface area contributed by atoms with Crippen molar-refractivity contribution in [1.29, 1.82) is 0 Å². The summed E-state index contributed by atoms with van der Waals surface area (Å²) in [5.74, 6) is -0.970. The Labute approximate surface area is 117 Å². The summed E-state index contributed by atoms with van der Waals surface area (Å²) < 4.78 is 0. The molecule has 4 aromatic rings. The molecule has 4 rings (SSSR count). The first-order chi connectivity index (χ1) is 10.1. The van der Waals surface area contributed by atoms with Crippen molar-refractivity contribution in [2.45, 2.75) is 0 Å². The quantitative estimate of drug-likeness (QED) is 0.343. The van der Waals surface area contributed by atoms with Crippen LogP contribution in [-0.4, -0.2) is 35.5 Å². The number of aromatic amines is 2. The van der Waals surface area contributed by atoms with Crippen molar-refractivity contribution in [2.75, 3.05) is 0 Å². The summed E-state index contributed by atoms with van der Waals surface area (Å²) in [4.78, 5) is 7.46. The zero-order valence-electron chi connectivity index (χ0n) is 10.6. The van der Waals surface area contributed by atoms with Crippen molar-refractivity contribution in [3.63, 3.8) is 0 Å². The number of aromatic hydroxyl groups is 3. The molecule has 0 fully saturated rings. The van der Waals surface area contributed by atoms with E-state index in [1.54, 1.807) is 6.20 Å². The van der Waals surface area contributed by atoms with Crippen molar-refractivity contribution in [3.05, 3.63) is 30.5 Å². The van der Waals surface area contributed by atoms with Gasteiger partial charge in [0, 0.05) is 11.6 Å². The summed E-state index contributed by atoms with van der Waals surface area (Å²) in [6.07, 6.45) is 1.77. The van der Waals surface area contributed by atoms with Crippen molar-refractivity contribution in [1.82, 2.24) is 20.2 Å². The third-order valence-electron chi connectivity index (χ3n) is 3.42. The maximum atomic E-state index is 9.92. The smallest absolute Gasteiger partial charge is 0.201 e. The summed E-state index contributed by atoms with van der Waals surface area (Å²) in [6, 6.07) is 6.49. The molecule has 7 nitrogen and oxygen atoms in total. The number of imidazole rings is 1. The number of rotatable bonds is 1. The van der Waals surface area contributed by atoms with Crippen LogP contribution in [0.15, 0.2) is 30.5 Å². The minimum atomic E-state index is -0.567. The first kappa shape index (κ1) is 11.6. The summed E-state index contributed by atoms with van der Waals surface area (Å²) in [5, 5.41) is 36.7. The topological polar surface area (TPSA) is 118 Å². The Balaban J connectivity index is 1.96. The normalized spacial score (nSPS) is 11.4. The Morgan fingerprint density at radius 1 is 0.952 bits per heavy atom. The molecule has 2 aromatic heterocycles. The second-order valence-electron chi connectivity index (χ2n) is 4.73. The van der Waals surface area contributed by atoms with Gasteiger partial charge in [-0.2, -0.15) is 5.10 Å². The highest BCUT2D eigenvalue weighted by molar-refractivity contribution is 5.94. The molecule has 0 radical (unpaired) electrons. The average molecular weight is 282 g/mol. The summed E-state index contributed by atoms with van der Waals surface area (Å²) >= 11 is 0. The third-order valence-corrected chi connectivity index (χ3v) is 3.42. The Hall–Kier alpha value is -3.22. The molecule has 0 amide bonds. The van der Waals surface area contributed by atoms with E-state index >= 15 is 0 Å². The van der Waals surface area contributed by atoms with Gasteiger partial charge in [-0.15, -0.1) is 0 Å². The molecule has 104 valence electrons. The van der Waals surface area contributed by atoms with Gasteiger partial charge in [-0.3, -0.25) is 5.10 Å². The van der Waals surface area contributed by atoms with Crippen LogP contribution < -0.4 is 0 Å². The van der Waals surface area contributed by atoms with Crippen LogP contribution >= 0.6 is 0 Å². The highest BCUT2D eigenvalue weighted by Gasteiger charge is 2.16. The van der Waals surface area contributed by atoms with Crippen molar-refractivity contribution in [3.8, 4) is 28.6 Å². The van der Waals surface area contributed by atoms with Gasteiger partial charge >= 0.3 is 0 Å². The molecule has 2 heterocycles. The van der Waals surface area contributed by atoms with Crippen LogP contribution in [0.25, 0.3) is 33.3 Å². The number of hydrogen-bond donors (Lipinski definition) is 5. The van der Waals surface area contributed by atoms with Crippen LogP contribution in [0.2, 0.25) is 0 Å². The van der Waals surface area contributed by atoms with E-state index in [9.17, 15) is 15.3 Å². The zero-order valence-corrected chi connectivity index (χ0v) is 10.6. The largest absolute Gasteiger partial charge is 0.504 e. The van der Waals surface area contributed by atoms with Gasteiger partial charge < -0.3 is 20.3 Å². The molecular weight excluding hydrogens is 272 g/mol. The third kappa shape index (κ3) is 1.61. The molecule has 2 aromatic carbocycles. The summed E-state index contributed by atoms with van der Waals surface area (Å²) in [5.41, 5.74) is 2.58. The molecule has 0 saturated carbocycles. The molecule has 7 heteroatoms. The Kier molecular flexibility index (Phi) is 2.15. The second-order valence-corrected chi connectivity index (χ2v) is 4.73. The highest BCUT2D eigenvalue weighted by atomic mass is 16.3. The van der Waals surface area contributed by atoms with Crippen LogP contribution in [0, 0.1) is 0 Å². The lowest BCUT2D eigenvalue weighted by Gasteiger charge is -2.04. The number of nitrogens with zero attached hydrogens (tertiary/aromatic N) is 2. The zero-order chi connectivity index (χ0) is 14.6. The van der Waals surface area contributed by atoms with Gasteiger partial charge in [0.2, 0.25) is 5.75 Å². The van der Waals surface area contributed by atoms with E-state index in [0.29, 0.717) is 16.9 Å². The van der Waals surface area contributed by atoms with Crippen LogP contribution in [0.3, 0.4) is 0 Å². The predicted molar refractivity (Wildman–Crippen MR) is 76.2 cm³/mol. The van der Waals surface area contributed by atoms with Crippen molar-refractivity contribution < 1.29 is 15.3 Å². The van der Waals surface area contributed by atoms with Gasteiger partial charge in [-0.1, -0.05) is 0 Å². The van der Waals surface area contributed by atoms with E-state index in [-0.39, 0.29) is 5.75 Å². The Bertz CT molecular complexity index is 939. The molecule has 0 aliphatic rings. The van der Waals surface area contributed by atoms with E-state index in [4.69, 9.17) is 0 Å². The van der Waals surface area contributed by atoms with Crippen LogP contribution in [0.1, 0.15) is 0 Å². The Morgan fingerprint density at radius 2 is 1.81 bits per heavy atom. The molecule has 5 N–H and O–H groups in total. The first-order valence-corrected chi connectivity index (χ1v) is 6.21. The van der Waals surface area contributed by atoms with Gasteiger partial charge in [-0.25, -0.2) is 4.98 Å². The van der Waals surface area contributed by atoms with Crippen molar-refractivity contribution in [2.24, 2.45) is 0 Å². The molecule has 21 heavy (non-hydrogen) atoms. The first-order valence-electron chi connectivity index (χ1n) is 6.21. The maximum Gasteiger partial charge on any atom is 0.201 e. The summed E-state index contributed by atoms with van der Waals surface area (Å²) in [7, 11) is 0. The van der Waals surface area contributed by atoms with Gasteiger partial charge in [-0.05, 0) is 24.3 Å². The van der Waals surface area contributed by atoms with Crippen LogP contribution in [-0.2, 0) is 0 Å². The fraction of sp³-hybridized carbons (Fsp3) is 0. The van der Waals surface area contributed by atoms with E-state index in [1.165, 1.54) is 12.1 Å². The number of aromatic nitrogens is 4. The fourth-order valence-electron chi connectivity index (χ4n) is 2.33. The Morgan fingerprint density at radius 3 is 2.67 bits per heavy atom. The molecule has 0 unspecified atom stereocenters. The van der Waals surface area contributed by atoms with E-state index in [2.05, 4.69) is 20.2 Å².